The van der Waals surface area contributed by atoms with E-state index in [9.17, 15) is 22.0 Å². The molecule has 6 heteroatoms. The number of alkyl halides is 2. The van der Waals surface area contributed by atoms with E-state index in [0.717, 1.165) is 25.7 Å². The van der Waals surface area contributed by atoms with Gasteiger partial charge in [0, 0.05) is 12.1 Å². The minimum Gasteiger partial charge on any atom is -0.432 e. The van der Waals surface area contributed by atoms with Crippen LogP contribution < -0.4 is 4.74 Å². The molecule has 0 heterocycles. The van der Waals surface area contributed by atoms with Crippen molar-refractivity contribution >= 4 is 0 Å². The Kier molecular flexibility index (Phi) is 6.11. The van der Waals surface area contributed by atoms with Crippen LogP contribution in [-0.4, -0.2) is 6.11 Å². The van der Waals surface area contributed by atoms with E-state index in [1.54, 1.807) is 0 Å². The van der Waals surface area contributed by atoms with Gasteiger partial charge >= 0.3 is 6.11 Å². The van der Waals surface area contributed by atoms with Crippen LogP contribution in [0.5, 0.6) is 5.75 Å². The lowest BCUT2D eigenvalue weighted by Gasteiger charge is -2.38. The number of allylic oxidation sites excluding steroid dienone is 1. The molecule has 0 amide bonds. The number of hydrogen-bond donors (Lipinski definition) is 0. The van der Waals surface area contributed by atoms with Crippen molar-refractivity contribution in [1.29, 1.82) is 0 Å². The fourth-order valence-electron chi connectivity index (χ4n) is 4.61. The molecule has 27 heavy (non-hydrogen) atoms. The molecule has 2 fully saturated rings. The molecule has 0 spiro atoms. The second-order valence-corrected chi connectivity index (χ2v) is 7.89. The molecule has 2 saturated carbocycles. The van der Waals surface area contributed by atoms with Crippen LogP contribution in [0, 0.1) is 41.1 Å². The first-order chi connectivity index (χ1) is 12.8. The van der Waals surface area contributed by atoms with Crippen LogP contribution in [0.15, 0.2) is 24.8 Å². The summed E-state index contributed by atoms with van der Waals surface area (Å²) >= 11 is 0. The third-order valence-corrected chi connectivity index (χ3v) is 6.27. The third-order valence-electron chi connectivity index (χ3n) is 6.27. The molecule has 1 aromatic carbocycles. The molecule has 0 radical (unpaired) electrons. The maximum Gasteiger partial charge on any atom is 0.400 e. The van der Waals surface area contributed by atoms with Gasteiger partial charge in [0.05, 0.1) is 5.92 Å². The first-order valence-corrected chi connectivity index (χ1v) is 9.64. The molecule has 0 bridgehead atoms. The van der Waals surface area contributed by atoms with Gasteiger partial charge in [-0.3, -0.25) is 0 Å². The Bertz CT molecular complexity index is 636. The van der Waals surface area contributed by atoms with Crippen molar-refractivity contribution in [3.8, 4) is 5.75 Å². The van der Waals surface area contributed by atoms with Gasteiger partial charge < -0.3 is 4.74 Å². The zero-order valence-electron chi connectivity index (χ0n) is 15.2. The van der Waals surface area contributed by atoms with Crippen molar-refractivity contribution in [2.24, 2.45) is 23.7 Å². The lowest BCUT2D eigenvalue weighted by Crippen LogP contribution is -2.38. The maximum absolute atomic E-state index is 14.5. The molecule has 0 aromatic heterocycles. The first-order valence-electron chi connectivity index (χ1n) is 9.64. The third kappa shape index (κ3) is 4.64. The number of benzene rings is 1. The molecule has 0 aliphatic heterocycles. The van der Waals surface area contributed by atoms with Gasteiger partial charge in [-0.15, -0.1) is 6.58 Å². The predicted molar refractivity (Wildman–Crippen MR) is 93.0 cm³/mol. The van der Waals surface area contributed by atoms with Crippen molar-refractivity contribution in [2.45, 2.75) is 57.5 Å². The maximum atomic E-state index is 14.5. The van der Waals surface area contributed by atoms with E-state index in [-0.39, 0.29) is 0 Å². The monoisotopic (exact) mass is 388 g/mol. The highest BCUT2D eigenvalue weighted by atomic mass is 19.3. The molecule has 0 saturated heterocycles. The van der Waals surface area contributed by atoms with E-state index in [0.29, 0.717) is 55.6 Å². The van der Waals surface area contributed by atoms with Crippen LogP contribution >= 0.6 is 0 Å². The van der Waals surface area contributed by atoms with Crippen LogP contribution in [0.25, 0.3) is 0 Å². The van der Waals surface area contributed by atoms with Crippen molar-refractivity contribution in [2.75, 3.05) is 0 Å². The smallest absolute Gasteiger partial charge is 0.400 e. The molecule has 2 aliphatic carbocycles. The van der Waals surface area contributed by atoms with Gasteiger partial charge in [0.1, 0.15) is 5.75 Å². The summed E-state index contributed by atoms with van der Waals surface area (Å²) in [5.41, 5.74) is 0. The van der Waals surface area contributed by atoms with E-state index in [1.807, 2.05) is 6.08 Å². The minimum absolute atomic E-state index is 0.311. The summed E-state index contributed by atoms with van der Waals surface area (Å²) in [6.07, 6.45) is 4.98. The van der Waals surface area contributed by atoms with Gasteiger partial charge in [-0.05, 0) is 69.1 Å². The Labute approximate surface area is 156 Å². The second-order valence-electron chi connectivity index (χ2n) is 7.89. The zero-order chi connectivity index (χ0) is 19.6. The highest BCUT2D eigenvalue weighted by Crippen LogP contribution is 2.45. The molecule has 1 nitrogen and oxygen atoms in total. The summed E-state index contributed by atoms with van der Waals surface area (Å²) in [5.74, 6) is -4.88. The molecule has 0 atom stereocenters. The summed E-state index contributed by atoms with van der Waals surface area (Å²) < 4.78 is 72.9. The fourth-order valence-corrected chi connectivity index (χ4v) is 4.61. The van der Waals surface area contributed by atoms with Gasteiger partial charge in [-0.1, -0.05) is 6.08 Å². The van der Waals surface area contributed by atoms with Crippen molar-refractivity contribution < 1.29 is 26.7 Å². The Morgan fingerprint density at radius 3 is 1.81 bits per heavy atom. The quantitative estimate of drug-likeness (QED) is 0.304. The summed E-state index contributed by atoms with van der Waals surface area (Å²) in [4.78, 5) is 0. The first kappa shape index (κ1) is 20.2. The Morgan fingerprint density at radius 1 is 0.852 bits per heavy atom. The predicted octanol–water partition coefficient (Wildman–Crippen LogP) is 6.87. The standard InChI is InChI=1S/C21H25F5O/c1-2-13-3-5-14(6-4-13)15-7-9-16(10-8-15)21(25,26)27-17-11-18(22)20(24)19(23)12-17/h2,11-16H,1,3-10H2. The molecule has 0 N–H and O–H groups in total. The van der Waals surface area contributed by atoms with E-state index < -0.39 is 35.2 Å². The summed E-state index contributed by atoms with van der Waals surface area (Å²) in [5, 5.41) is 0. The highest BCUT2D eigenvalue weighted by Gasteiger charge is 2.45. The Hall–Kier alpha value is -1.59. The molecular formula is C21H25F5O. The van der Waals surface area contributed by atoms with Gasteiger partial charge in [0.15, 0.2) is 17.5 Å². The van der Waals surface area contributed by atoms with Crippen LogP contribution in [-0.2, 0) is 0 Å². The van der Waals surface area contributed by atoms with E-state index in [1.165, 1.54) is 0 Å². The number of rotatable bonds is 5. The van der Waals surface area contributed by atoms with Crippen LogP contribution in [0.4, 0.5) is 22.0 Å². The summed E-state index contributed by atoms with van der Waals surface area (Å²) in [7, 11) is 0. The zero-order valence-corrected chi connectivity index (χ0v) is 15.2. The molecule has 2 aliphatic rings. The summed E-state index contributed by atoms with van der Waals surface area (Å²) in [6.45, 7) is 3.84. The molecule has 1 aromatic rings. The van der Waals surface area contributed by atoms with Crippen LogP contribution in [0.3, 0.4) is 0 Å². The molecule has 150 valence electrons. The number of hydrogen-bond acceptors (Lipinski definition) is 1. The molecular weight excluding hydrogens is 363 g/mol. The van der Waals surface area contributed by atoms with Gasteiger partial charge in [-0.25, -0.2) is 13.2 Å². The number of halogens is 5. The SMILES string of the molecule is C=CC1CCC(C2CCC(C(F)(F)Oc3cc(F)c(F)c(F)c3)CC2)CC1. The van der Waals surface area contributed by atoms with Crippen LogP contribution in [0.2, 0.25) is 0 Å². The topological polar surface area (TPSA) is 9.23 Å². The normalized spacial score (nSPS) is 29.4. The van der Waals surface area contributed by atoms with Crippen molar-refractivity contribution in [3.63, 3.8) is 0 Å². The molecule has 3 rings (SSSR count). The average Bonchev–Trinajstić information content (AvgIpc) is 2.66. The van der Waals surface area contributed by atoms with Crippen molar-refractivity contribution in [1.82, 2.24) is 0 Å². The average molecular weight is 388 g/mol. The van der Waals surface area contributed by atoms with Gasteiger partial charge in [0.2, 0.25) is 0 Å². The fraction of sp³-hybridized carbons (Fsp3) is 0.619. The number of ether oxygens (including phenoxy) is 1. The van der Waals surface area contributed by atoms with E-state index >= 15 is 0 Å². The Balaban J connectivity index is 1.56. The lowest BCUT2D eigenvalue weighted by molar-refractivity contribution is -0.224. The van der Waals surface area contributed by atoms with E-state index in [4.69, 9.17) is 0 Å². The second kappa shape index (κ2) is 8.19. The van der Waals surface area contributed by atoms with E-state index in [2.05, 4.69) is 11.3 Å². The highest BCUT2D eigenvalue weighted by molar-refractivity contribution is 5.25. The van der Waals surface area contributed by atoms with Crippen molar-refractivity contribution in [3.05, 3.63) is 42.2 Å². The van der Waals surface area contributed by atoms with Gasteiger partial charge in [-0.2, -0.15) is 8.78 Å². The summed E-state index contributed by atoms with van der Waals surface area (Å²) in [6, 6.07) is 0.909. The largest absolute Gasteiger partial charge is 0.432 e. The Morgan fingerprint density at radius 2 is 1.33 bits per heavy atom. The van der Waals surface area contributed by atoms with Crippen LogP contribution in [0.1, 0.15) is 51.4 Å². The lowest BCUT2D eigenvalue weighted by atomic mass is 9.69. The van der Waals surface area contributed by atoms with Gasteiger partial charge in [0.25, 0.3) is 0 Å². The minimum atomic E-state index is -3.54. The molecule has 0 unspecified atom stereocenters.